The highest BCUT2D eigenvalue weighted by atomic mass is 14.7. The summed E-state index contributed by atoms with van der Waals surface area (Å²) in [7, 11) is 0. The lowest BCUT2D eigenvalue weighted by molar-refractivity contribution is 0.118. The fraction of sp³-hybridized carbons (Fsp3) is 0.867. The van der Waals surface area contributed by atoms with Crippen molar-refractivity contribution < 1.29 is 0 Å². The predicted molar refractivity (Wildman–Crippen MR) is 64.6 cm³/mol. The molecule has 84 valence electrons. The summed E-state index contributed by atoms with van der Waals surface area (Å²) in [4.78, 5) is 0. The molecule has 3 rings (SSSR count). The first kappa shape index (κ1) is 9.93. The molecule has 0 amide bonds. The quantitative estimate of drug-likeness (QED) is 0.513. The molecule has 0 aromatic heterocycles. The van der Waals surface area contributed by atoms with Crippen molar-refractivity contribution in [2.75, 3.05) is 0 Å². The van der Waals surface area contributed by atoms with Gasteiger partial charge in [0, 0.05) is 0 Å². The molecule has 0 aromatic carbocycles. The highest BCUT2D eigenvalue weighted by molar-refractivity contribution is 5.23. The van der Waals surface area contributed by atoms with Crippen LogP contribution in [0.15, 0.2) is 12.2 Å². The first-order valence-corrected chi connectivity index (χ1v) is 6.66. The molecule has 0 aliphatic heterocycles. The molecule has 0 heteroatoms. The number of hydrogen-bond donors (Lipinski definition) is 0. The van der Waals surface area contributed by atoms with E-state index in [4.69, 9.17) is 0 Å². The molecule has 15 heavy (non-hydrogen) atoms. The van der Waals surface area contributed by atoms with Gasteiger partial charge in [-0.05, 0) is 60.7 Å². The van der Waals surface area contributed by atoms with Gasteiger partial charge in [-0.3, -0.25) is 0 Å². The van der Waals surface area contributed by atoms with Gasteiger partial charge < -0.3 is 0 Å². The smallest absolute Gasteiger partial charge is 0.0146 e. The number of hydrogen-bond acceptors (Lipinski definition) is 0. The molecular formula is C15H24. The second-order valence-electron chi connectivity index (χ2n) is 7.00. The number of rotatable bonds is 0. The zero-order valence-electron chi connectivity index (χ0n) is 10.5. The van der Waals surface area contributed by atoms with Crippen molar-refractivity contribution in [1.29, 1.82) is 0 Å². The van der Waals surface area contributed by atoms with Crippen molar-refractivity contribution >= 4 is 0 Å². The Kier molecular flexibility index (Phi) is 1.79. The van der Waals surface area contributed by atoms with Crippen LogP contribution in [0.25, 0.3) is 0 Å². The minimum Gasteiger partial charge on any atom is -0.0996 e. The van der Waals surface area contributed by atoms with Gasteiger partial charge in [0.1, 0.15) is 0 Å². The van der Waals surface area contributed by atoms with Gasteiger partial charge in [0.2, 0.25) is 0 Å². The van der Waals surface area contributed by atoms with Crippen molar-refractivity contribution in [2.24, 2.45) is 28.6 Å². The van der Waals surface area contributed by atoms with Gasteiger partial charge in [0.15, 0.2) is 0 Å². The maximum absolute atomic E-state index is 4.34. The Labute approximate surface area is 94.1 Å². The Morgan fingerprint density at radius 1 is 1.27 bits per heavy atom. The van der Waals surface area contributed by atoms with E-state index in [0.717, 1.165) is 23.2 Å². The van der Waals surface area contributed by atoms with E-state index in [1.165, 1.54) is 32.1 Å². The normalized spacial score (nSPS) is 51.9. The summed E-state index contributed by atoms with van der Waals surface area (Å²) in [6.45, 7) is 11.9. The van der Waals surface area contributed by atoms with Crippen LogP contribution in [0.1, 0.15) is 52.9 Å². The zero-order chi connectivity index (χ0) is 10.8. The minimum atomic E-state index is 0.540. The Bertz CT molecular complexity index is 312. The number of fused-ring (bicyclic) bond motifs is 1. The van der Waals surface area contributed by atoms with Gasteiger partial charge in [0.25, 0.3) is 0 Å². The van der Waals surface area contributed by atoms with Gasteiger partial charge in [-0.1, -0.05) is 32.9 Å². The van der Waals surface area contributed by atoms with E-state index in [9.17, 15) is 0 Å². The van der Waals surface area contributed by atoms with E-state index in [-0.39, 0.29) is 0 Å². The van der Waals surface area contributed by atoms with Crippen LogP contribution >= 0.6 is 0 Å². The summed E-state index contributed by atoms with van der Waals surface area (Å²) in [5.74, 6) is 2.79. The van der Waals surface area contributed by atoms with Crippen LogP contribution in [0.3, 0.4) is 0 Å². The fourth-order valence-electron chi connectivity index (χ4n) is 5.44. The van der Waals surface area contributed by atoms with Crippen molar-refractivity contribution in [1.82, 2.24) is 0 Å². The van der Waals surface area contributed by atoms with Crippen LogP contribution in [0.4, 0.5) is 0 Å². The molecule has 0 heterocycles. The van der Waals surface area contributed by atoms with Gasteiger partial charge >= 0.3 is 0 Å². The Morgan fingerprint density at radius 3 is 2.73 bits per heavy atom. The Balaban J connectivity index is 2.08. The summed E-state index contributed by atoms with van der Waals surface area (Å²) in [5.41, 5.74) is 2.82. The topological polar surface area (TPSA) is 0 Å². The summed E-state index contributed by atoms with van der Waals surface area (Å²) in [5, 5.41) is 0. The lowest BCUT2D eigenvalue weighted by atomic mass is 9.67. The van der Waals surface area contributed by atoms with Crippen molar-refractivity contribution in [3.8, 4) is 0 Å². The van der Waals surface area contributed by atoms with E-state index in [0.29, 0.717) is 5.41 Å². The number of allylic oxidation sites excluding steroid dienone is 1. The van der Waals surface area contributed by atoms with Gasteiger partial charge in [0.05, 0.1) is 0 Å². The van der Waals surface area contributed by atoms with Crippen molar-refractivity contribution in [3.05, 3.63) is 12.2 Å². The van der Waals surface area contributed by atoms with Gasteiger partial charge in [-0.15, -0.1) is 0 Å². The standard InChI is InChI=1S/C15H24/c1-10-7-8-15-9-12(10)14(3,4)13(15)6-5-11(15)2/h11-13H,1,5-9H2,2-4H3/t11-,12-,13-,15?/m0/s1. The lowest BCUT2D eigenvalue weighted by Crippen LogP contribution is -2.30. The molecule has 3 aliphatic carbocycles. The van der Waals surface area contributed by atoms with Crippen LogP contribution in [-0.2, 0) is 0 Å². The highest BCUT2D eigenvalue weighted by Gasteiger charge is 2.63. The van der Waals surface area contributed by atoms with Gasteiger partial charge in [-0.2, -0.15) is 0 Å². The molecule has 3 saturated carbocycles. The molecule has 4 atom stereocenters. The third kappa shape index (κ3) is 0.990. The van der Waals surface area contributed by atoms with Crippen LogP contribution in [0.5, 0.6) is 0 Å². The van der Waals surface area contributed by atoms with E-state index in [2.05, 4.69) is 27.4 Å². The predicted octanol–water partition coefficient (Wildman–Crippen LogP) is 4.42. The average Bonchev–Trinajstić information content (AvgIpc) is 2.57. The molecule has 1 unspecified atom stereocenters. The second-order valence-corrected chi connectivity index (χ2v) is 7.00. The van der Waals surface area contributed by atoms with Crippen LogP contribution in [0.2, 0.25) is 0 Å². The van der Waals surface area contributed by atoms with E-state index in [1.807, 2.05) is 0 Å². The molecule has 0 N–H and O–H groups in total. The monoisotopic (exact) mass is 204 g/mol. The largest absolute Gasteiger partial charge is 0.0996 e. The molecule has 0 saturated heterocycles. The van der Waals surface area contributed by atoms with Crippen LogP contribution < -0.4 is 0 Å². The SMILES string of the molecule is C=C1CCC23C[C@@H]1C(C)(C)[C@@H]2CC[C@@H]3C. The zero-order valence-corrected chi connectivity index (χ0v) is 10.5. The summed E-state index contributed by atoms with van der Waals surface area (Å²) in [6, 6.07) is 0. The molecule has 0 aromatic rings. The molecular weight excluding hydrogens is 180 g/mol. The summed E-state index contributed by atoms with van der Waals surface area (Å²) < 4.78 is 0. The van der Waals surface area contributed by atoms with Crippen LogP contribution in [-0.4, -0.2) is 0 Å². The molecule has 0 nitrogen and oxygen atoms in total. The summed E-state index contributed by atoms with van der Waals surface area (Å²) >= 11 is 0. The van der Waals surface area contributed by atoms with E-state index >= 15 is 0 Å². The molecule has 3 fully saturated rings. The van der Waals surface area contributed by atoms with E-state index < -0.39 is 0 Å². The average molecular weight is 204 g/mol. The third-order valence-electron chi connectivity index (χ3n) is 6.35. The molecule has 1 spiro atoms. The maximum atomic E-state index is 4.34. The first-order chi connectivity index (χ1) is 6.98. The second kappa shape index (κ2) is 2.70. The highest BCUT2D eigenvalue weighted by Crippen LogP contribution is 2.72. The van der Waals surface area contributed by atoms with Gasteiger partial charge in [-0.25, -0.2) is 0 Å². The lowest BCUT2D eigenvalue weighted by Gasteiger charge is -2.38. The van der Waals surface area contributed by atoms with Crippen molar-refractivity contribution in [2.45, 2.75) is 52.9 Å². The van der Waals surface area contributed by atoms with Crippen LogP contribution in [0, 0.1) is 28.6 Å². The fourth-order valence-corrected chi connectivity index (χ4v) is 5.44. The Hall–Kier alpha value is -0.260. The molecule has 0 radical (unpaired) electrons. The maximum Gasteiger partial charge on any atom is -0.0146 e. The Morgan fingerprint density at radius 2 is 2.00 bits per heavy atom. The minimum absolute atomic E-state index is 0.540. The molecule has 3 aliphatic rings. The summed E-state index contributed by atoms with van der Waals surface area (Å²) in [6.07, 6.45) is 7.18. The van der Waals surface area contributed by atoms with Crippen molar-refractivity contribution in [3.63, 3.8) is 0 Å². The third-order valence-corrected chi connectivity index (χ3v) is 6.35. The van der Waals surface area contributed by atoms with E-state index in [1.54, 1.807) is 5.57 Å². The first-order valence-electron chi connectivity index (χ1n) is 6.66. The molecule has 2 bridgehead atoms.